The predicted molar refractivity (Wildman–Crippen MR) is 80.8 cm³/mol. The Morgan fingerprint density at radius 2 is 2.11 bits per heavy atom. The van der Waals surface area contributed by atoms with Crippen LogP contribution in [0.1, 0.15) is 30.7 Å². The van der Waals surface area contributed by atoms with Crippen molar-refractivity contribution in [1.29, 1.82) is 0 Å². The molecule has 0 aliphatic carbocycles. The van der Waals surface area contributed by atoms with Gasteiger partial charge in [0.25, 0.3) is 0 Å². The van der Waals surface area contributed by atoms with Gasteiger partial charge in [-0.05, 0) is 42.5 Å². The second-order valence-corrected chi connectivity index (χ2v) is 5.20. The highest BCUT2D eigenvalue weighted by molar-refractivity contribution is 5.90. The zero-order valence-corrected chi connectivity index (χ0v) is 11.5. The third-order valence-electron chi connectivity index (χ3n) is 3.23. The summed E-state index contributed by atoms with van der Waals surface area (Å²) in [4.78, 5) is 3.48. The van der Waals surface area contributed by atoms with E-state index < -0.39 is 0 Å². The standard InChI is InChI=1S/C17H21N/c1-5-6-9-15-13(4)17-14(11-12(2)3)8-7-10-16(17)18-15/h5-10,12,18H,1,11H2,2-4H3/b9-6-. The number of hydrogen-bond donors (Lipinski definition) is 1. The lowest BCUT2D eigenvalue weighted by Crippen LogP contribution is -1.94. The van der Waals surface area contributed by atoms with Crippen LogP contribution in [0.5, 0.6) is 0 Å². The Hall–Kier alpha value is -1.76. The third-order valence-corrected chi connectivity index (χ3v) is 3.23. The van der Waals surface area contributed by atoms with Gasteiger partial charge < -0.3 is 4.98 Å². The molecule has 1 nitrogen and oxygen atoms in total. The van der Waals surface area contributed by atoms with Crippen molar-refractivity contribution < 1.29 is 0 Å². The SMILES string of the molecule is C=C/C=C\c1[nH]c2cccc(CC(C)C)c2c1C. The highest BCUT2D eigenvalue weighted by Gasteiger charge is 2.10. The van der Waals surface area contributed by atoms with Gasteiger partial charge in [-0.2, -0.15) is 0 Å². The van der Waals surface area contributed by atoms with Crippen molar-refractivity contribution in [3.05, 3.63) is 53.8 Å². The summed E-state index contributed by atoms with van der Waals surface area (Å²) in [5.41, 5.74) is 5.18. The molecule has 1 aromatic carbocycles. The van der Waals surface area contributed by atoms with Crippen LogP contribution >= 0.6 is 0 Å². The number of H-pyrrole nitrogens is 1. The molecule has 0 spiro atoms. The molecule has 0 aliphatic heterocycles. The lowest BCUT2D eigenvalue weighted by molar-refractivity contribution is 0.650. The van der Waals surface area contributed by atoms with Crippen LogP contribution < -0.4 is 0 Å². The minimum absolute atomic E-state index is 0.678. The van der Waals surface area contributed by atoms with E-state index in [1.807, 2.05) is 6.08 Å². The van der Waals surface area contributed by atoms with Crippen molar-refractivity contribution in [2.24, 2.45) is 5.92 Å². The first-order valence-corrected chi connectivity index (χ1v) is 6.52. The van der Waals surface area contributed by atoms with Gasteiger partial charge in [0, 0.05) is 16.6 Å². The first-order chi connectivity index (χ1) is 8.63. The predicted octanol–water partition coefficient (Wildman–Crippen LogP) is 4.87. The average Bonchev–Trinajstić information content (AvgIpc) is 2.64. The Bertz CT molecular complexity index is 585. The summed E-state index contributed by atoms with van der Waals surface area (Å²) in [5.74, 6) is 0.678. The van der Waals surface area contributed by atoms with Crippen molar-refractivity contribution in [3.8, 4) is 0 Å². The second-order valence-electron chi connectivity index (χ2n) is 5.20. The molecule has 0 radical (unpaired) electrons. The second kappa shape index (κ2) is 5.26. The third kappa shape index (κ3) is 2.40. The van der Waals surface area contributed by atoms with Gasteiger partial charge in [-0.3, -0.25) is 0 Å². The number of nitrogens with one attached hydrogen (secondary N) is 1. The number of fused-ring (bicyclic) bond motifs is 1. The minimum Gasteiger partial charge on any atom is -0.355 e. The van der Waals surface area contributed by atoms with Crippen LogP contribution in [0, 0.1) is 12.8 Å². The monoisotopic (exact) mass is 239 g/mol. The number of hydrogen-bond acceptors (Lipinski definition) is 0. The summed E-state index contributed by atoms with van der Waals surface area (Å²) in [6.45, 7) is 10.4. The van der Waals surface area contributed by atoms with E-state index in [0.717, 1.165) is 6.42 Å². The Morgan fingerprint density at radius 3 is 2.78 bits per heavy atom. The molecule has 1 heterocycles. The molecule has 0 aliphatic rings. The first-order valence-electron chi connectivity index (χ1n) is 6.52. The van der Waals surface area contributed by atoms with Crippen molar-refractivity contribution >= 4 is 17.0 Å². The molecule has 94 valence electrons. The van der Waals surface area contributed by atoms with Crippen LogP contribution in [0.15, 0.2) is 36.9 Å². The van der Waals surface area contributed by atoms with E-state index in [0.29, 0.717) is 5.92 Å². The van der Waals surface area contributed by atoms with Gasteiger partial charge in [0.05, 0.1) is 0 Å². The Balaban J connectivity index is 2.58. The van der Waals surface area contributed by atoms with E-state index in [2.05, 4.69) is 56.6 Å². The first kappa shape index (κ1) is 12.7. The number of rotatable bonds is 4. The summed E-state index contributed by atoms with van der Waals surface area (Å²) in [6, 6.07) is 6.53. The van der Waals surface area contributed by atoms with E-state index in [9.17, 15) is 0 Å². The fourth-order valence-electron chi connectivity index (χ4n) is 2.46. The smallest absolute Gasteiger partial charge is 0.0464 e. The van der Waals surface area contributed by atoms with Crippen molar-refractivity contribution in [3.63, 3.8) is 0 Å². The molecule has 18 heavy (non-hydrogen) atoms. The molecular formula is C17H21N. The summed E-state index contributed by atoms with van der Waals surface area (Å²) in [6.07, 6.45) is 6.99. The summed E-state index contributed by atoms with van der Waals surface area (Å²) < 4.78 is 0. The Morgan fingerprint density at radius 1 is 1.33 bits per heavy atom. The van der Waals surface area contributed by atoms with Crippen LogP contribution in [0.2, 0.25) is 0 Å². The van der Waals surface area contributed by atoms with Crippen LogP contribution in [0.4, 0.5) is 0 Å². The molecule has 2 rings (SSSR count). The van der Waals surface area contributed by atoms with Gasteiger partial charge in [0.2, 0.25) is 0 Å². The maximum absolute atomic E-state index is 3.72. The number of aromatic nitrogens is 1. The van der Waals surface area contributed by atoms with Gasteiger partial charge in [-0.1, -0.05) is 44.7 Å². The molecule has 0 saturated carbocycles. The lowest BCUT2D eigenvalue weighted by atomic mass is 9.97. The van der Waals surface area contributed by atoms with E-state index in [4.69, 9.17) is 0 Å². The molecule has 0 atom stereocenters. The zero-order valence-electron chi connectivity index (χ0n) is 11.5. The van der Waals surface area contributed by atoms with Crippen LogP contribution in [-0.4, -0.2) is 4.98 Å². The molecule has 1 N–H and O–H groups in total. The molecule has 1 heteroatoms. The summed E-state index contributed by atoms with van der Waals surface area (Å²) >= 11 is 0. The maximum Gasteiger partial charge on any atom is 0.0464 e. The Kier molecular flexibility index (Phi) is 3.71. The molecule has 0 saturated heterocycles. The van der Waals surface area contributed by atoms with Gasteiger partial charge in [0.1, 0.15) is 0 Å². The quantitative estimate of drug-likeness (QED) is 0.732. The molecule has 0 fully saturated rings. The van der Waals surface area contributed by atoms with Gasteiger partial charge >= 0.3 is 0 Å². The van der Waals surface area contributed by atoms with E-state index in [1.165, 1.54) is 27.7 Å². The van der Waals surface area contributed by atoms with Crippen molar-refractivity contribution in [1.82, 2.24) is 4.98 Å². The van der Waals surface area contributed by atoms with Gasteiger partial charge in [-0.25, -0.2) is 0 Å². The van der Waals surface area contributed by atoms with Crippen LogP contribution in [0.3, 0.4) is 0 Å². The van der Waals surface area contributed by atoms with Crippen LogP contribution in [0.25, 0.3) is 17.0 Å². The van der Waals surface area contributed by atoms with E-state index in [-0.39, 0.29) is 0 Å². The minimum atomic E-state index is 0.678. The van der Waals surface area contributed by atoms with E-state index in [1.54, 1.807) is 6.08 Å². The van der Waals surface area contributed by atoms with Crippen molar-refractivity contribution in [2.45, 2.75) is 27.2 Å². The molecule has 1 aromatic heterocycles. The van der Waals surface area contributed by atoms with Crippen LogP contribution in [-0.2, 0) is 6.42 Å². The normalized spacial score (nSPS) is 11.8. The molecular weight excluding hydrogens is 218 g/mol. The number of allylic oxidation sites excluding steroid dienone is 2. The maximum atomic E-state index is 3.72. The Labute approximate surface area is 109 Å². The molecule has 0 amide bonds. The van der Waals surface area contributed by atoms with Gasteiger partial charge in [0.15, 0.2) is 0 Å². The highest BCUT2D eigenvalue weighted by atomic mass is 14.7. The van der Waals surface area contributed by atoms with Crippen molar-refractivity contribution in [2.75, 3.05) is 0 Å². The fourth-order valence-corrected chi connectivity index (χ4v) is 2.46. The average molecular weight is 239 g/mol. The molecule has 0 bridgehead atoms. The summed E-state index contributed by atoms with van der Waals surface area (Å²) in [5, 5.41) is 1.38. The largest absolute Gasteiger partial charge is 0.355 e. The summed E-state index contributed by atoms with van der Waals surface area (Å²) in [7, 11) is 0. The fraction of sp³-hybridized carbons (Fsp3) is 0.294. The molecule has 0 unspecified atom stereocenters. The van der Waals surface area contributed by atoms with Gasteiger partial charge in [-0.15, -0.1) is 0 Å². The number of aryl methyl sites for hydroxylation is 1. The highest BCUT2D eigenvalue weighted by Crippen LogP contribution is 2.27. The zero-order chi connectivity index (χ0) is 13.1. The van der Waals surface area contributed by atoms with E-state index >= 15 is 0 Å². The lowest BCUT2D eigenvalue weighted by Gasteiger charge is -2.07. The number of aromatic amines is 1. The molecule has 2 aromatic rings. The topological polar surface area (TPSA) is 15.8 Å². The number of benzene rings is 1.